The van der Waals surface area contributed by atoms with Gasteiger partial charge in [-0.2, -0.15) is 0 Å². The maximum absolute atomic E-state index is 5.99. The molecule has 1 aliphatic rings. The van der Waals surface area contributed by atoms with Crippen molar-refractivity contribution in [2.45, 2.75) is 6.54 Å². The van der Waals surface area contributed by atoms with Crippen LogP contribution in [0.5, 0.6) is 0 Å². The molecule has 0 unspecified atom stereocenters. The minimum Gasteiger partial charge on any atom is -0.354 e. The van der Waals surface area contributed by atoms with Crippen LogP contribution in [0.1, 0.15) is 5.69 Å². The Hall–Kier alpha value is -3.48. The molecule has 1 aliphatic heterocycles. The number of para-hydroxylation sites is 1. The maximum atomic E-state index is 5.99. The van der Waals surface area contributed by atoms with E-state index in [1.807, 2.05) is 30.5 Å². The zero-order valence-electron chi connectivity index (χ0n) is 18.1. The molecule has 3 aromatic carbocycles. The van der Waals surface area contributed by atoms with Crippen LogP contribution in [0.25, 0.3) is 27.4 Å². The molecule has 33 heavy (non-hydrogen) atoms. The number of anilines is 1. The molecule has 3 heterocycles. The number of nitrogens with zero attached hydrogens (tertiary/aromatic N) is 6. The normalized spacial score (nSPS) is 14.9. The van der Waals surface area contributed by atoms with Gasteiger partial charge in [-0.1, -0.05) is 59.3 Å². The van der Waals surface area contributed by atoms with Gasteiger partial charge in [0.05, 0.1) is 23.1 Å². The first-order valence-corrected chi connectivity index (χ1v) is 11.5. The molecule has 0 N–H and O–H groups in total. The number of benzene rings is 3. The lowest BCUT2D eigenvalue weighted by atomic mass is 10.1. The van der Waals surface area contributed by atoms with E-state index >= 15 is 0 Å². The summed E-state index contributed by atoms with van der Waals surface area (Å²) in [7, 11) is 0. The third-order valence-electron chi connectivity index (χ3n) is 6.28. The van der Waals surface area contributed by atoms with Crippen LogP contribution in [0.3, 0.4) is 0 Å². The number of piperazine rings is 1. The number of aromatic nitrogens is 4. The molecule has 1 fully saturated rings. The highest BCUT2D eigenvalue weighted by Crippen LogP contribution is 2.31. The number of pyridine rings is 1. The fraction of sp³-hybridized carbons (Fsp3) is 0.192. The number of hydrogen-bond donors (Lipinski definition) is 0. The summed E-state index contributed by atoms with van der Waals surface area (Å²) in [6, 6.07) is 24.6. The van der Waals surface area contributed by atoms with Gasteiger partial charge in [0.25, 0.3) is 0 Å². The first kappa shape index (κ1) is 20.1. The molecule has 6 rings (SSSR count). The molecule has 0 bridgehead atoms. The smallest absolute Gasteiger partial charge is 0.137 e. The second-order valence-electron chi connectivity index (χ2n) is 8.39. The number of hydrogen-bond acceptors (Lipinski definition) is 5. The zero-order chi connectivity index (χ0) is 22.2. The van der Waals surface area contributed by atoms with Crippen LogP contribution in [0, 0.1) is 0 Å². The second kappa shape index (κ2) is 8.46. The van der Waals surface area contributed by atoms with E-state index in [1.54, 1.807) is 4.68 Å². The minimum absolute atomic E-state index is 0.714. The van der Waals surface area contributed by atoms with Gasteiger partial charge in [0.1, 0.15) is 5.82 Å². The van der Waals surface area contributed by atoms with Crippen molar-refractivity contribution >= 4 is 39.1 Å². The highest BCUT2D eigenvalue weighted by atomic mass is 35.5. The fourth-order valence-electron chi connectivity index (χ4n) is 4.56. The van der Waals surface area contributed by atoms with E-state index in [0.717, 1.165) is 55.4 Å². The molecule has 5 aromatic rings. The molecule has 0 spiro atoms. The van der Waals surface area contributed by atoms with Crippen molar-refractivity contribution in [3.63, 3.8) is 0 Å². The fourth-order valence-corrected chi connectivity index (χ4v) is 4.69. The van der Waals surface area contributed by atoms with Crippen molar-refractivity contribution in [2.24, 2.45) is 0 Å². The predicted molar refractivity (Wildman–Crippen MR) is 133 cm³/mol. The summed E-state index contributed by atoms with van der Waals surface area (Å²) >= 11 is 5.99. The van der Waals surface area contributed by atoms with E-state index < -0.39 is 0 Å². The molecule has 0 atom stereocenters. The molecule has 164 valence electrons. The first-order valence-electron chi connectivity index (χ1n) is 11.2. The largest absolute Gasteiger partial charge is 0.354 e. The Morgan fingerprint density at radius 1 is 0.758 bits per heavy atom. The van der Waals surface area contributed by atoms with Gasteiger partial charge in [-0.3, -0.25) is 4.90 Å². The van der Waals surface area contributed by atoms with E-state index in [2.05, 4.69) is 68.6 Å². The standard InChI is InChI=1S/C26H23ClN6/c27-19-9-11-21(12-10-19)33-18-20(29-30-33)17-31-13-15-32(16-14-31)26-24-7-2-1-5-22(24)23-6-3-4-8-25(23)28-26/h1-12,18H,13-17H2. The number of halogens is 1. The molecule has 6 nitrogen and oxygen atoms in total. The van der Waals surface area contributed by atoms with Crippen LogP contribution >= 0.6 is 11.6 Å². The van der Waals surface area contributed by atoms with E-state index in [9.17, 15) is 0 Å². The quantitative estimate of drug-likeness (QED) is 0.360. The lowest BCUT2D eigenvalue weighted by Gasteiger charge is -2.35. The molecule has 0 amide bonds. The maximum Gasteiger partial charge on any atom is 0.137 e. The van der Waals surface area contributed by atoms with Gasteiger partial charge >= 0.3 is 0 Å². The molecule has 7 heteroatoms. The Balaban J connectivity index is 1.18. The summed E-state index contributed by atoms with van der Waals surface area (Å²) in [4.78, 5) is 9.89. The van der Waals surface area contributed by atoms with Crippen LogP contribution in [0.15, 0.2) is 79.0 Å². The summed E-state index contributed by atoms with van der Waals surface area (Å²) in [6.45, 7) is 4.56. The van der Waals surface area contributed by atoms with Gasteiger partial charge in [0.2, 0.25) is 0 Å². The molecule has 0 saturated carbocycles. The van der Waals surface area contributed by atoms with Gasteiger partial charge in [-0.15, -0.1) is 5.10 Å². The van der Waals surface area contributed by atoms with Crippen molar-refractivity contribution < 1.29 is 0 Å². The lowest BCUT2D eigenvalue weighted by molar-refractivity contribution is 0.246. The van der Waals surface area contributed by atoms with Crippen LogP contribution < -0.4 is 4.90 Å². The van der Waals surface area contributed by atoms with Crippen LogP contribution in [0.4, 0.5) is 5.82 Å². The third-order valence-corrected chi connectivity index (χ3v) is 6.53. The van der Waals surface area contributed by atoms with Crippen LogP contribution in [-0.4, -0.2) is 51.1 Å². The van der Waals surface area contributed by atoms with E-state index in [-0.39, 0.29) is 0 Å². The number of rotatable bonds is 4. The average molecular weight is 455 g/mol. The zero-order valence-corrected chi connectivity index (χ0v) is 18.9. The number of fused-ring (bicyclic) bond motifs is 3. The Bertz CT molecular complexity index is 1420. The van der Waals surface area contributed by atoms with Gasteiger partial charge in [-0.05, 0) is 35.7 Å². The minimum atomic E-state index is 0.714. The Morgan fingerprint density at radius 2 is 1.45 bits per heavy atom. The topological polar surface area (TPSA) is 50.1 Å². The summed E-state index contributed by atoms with van der Waals surface area (Å²) < 4.78 is 1.80. The van der Waals surface area contributed by atoms with Gasteiger partial charge < -0.3 is 4.90 Å². The third kappa shape index (κ3) is 3.92. The Kier molecular flexibility index (Phi) is 5.17. The SMILES string of the molecule is Clc1ccc(-n2cc(CN3CCN(c4nc5ccccc5c5ccccc45)CC3)nn2)cc1. The van der Waals surface area contributed by atoms with Crippen LogP contribution in [-0.2, 0) is 6.54 Å². The van der Waals surface area contributed by atoms with Crippen LogP contribution in [0.2, 0.25) is 5.02 Å². The van der Waals surface area contributed by atoms with Gasteiger partial charge in [0, 0.05) is 48.5 Å². The van der Waals surface area contributed by atoms with Crippen molar-refractivity contribution in [1.82, 2.24) is 24.9 Å². The molecule has 0 aliphatic carbocycles. The van der Waals surface area contributed by atoms with E-state index in [1.165, 1.54) is 16.2 Å². The highest BCUT2D eigenvalue weighted by Gasteiger charge is 2.21. The van der Waals surface area contributed by atoms with Crippen molar-refractivity contribution in [3.05, 3.63) is 89.7 Å². The lowest BCUT2D eigenvalue weighted by Crippen LogP contribution is -2.46. The molecule has 1 saturated heterocycles. The molecular formula is C26H23ClN6. The van der Waals surface area contributed by atoms with E-state index in [0.29, 0.717) is 5.02 Å². The summed E-state index contributed by atoms with van der Waals surface area (Å²) in [5, 5.41) is 13.1. The summed E-state index contributed by atoms with van der Waals surface area (Å²) in [6.07, 6.45) is 1.99. The average Bonchev–Trinajstić information content (AvgIpc) is 3.33. The van der Waals surface area contributed by atoms with Gasteiger partial charge in [-0.25, -0.2) is 9.67 Å². The molecule has 0 radical (unpaired) electrons. The first-order chi connectivity index (χ1) is 16.2. The highest BCUT2D eigenvalue weighted by molar-refractivity contribution is 6.30. The molecule has 2 aromatic heterocycles. The predicted octanol–water partition coefficient (Wildman–Crippen LogP) is 4.94. The van der Waals surface area contributed by atoms with Crippen molar-refractivity contribution in [3.8, 4) is 5.69 Å². The van der Waals surface area contributed by atoms with Crippen molar-refractivity contribution in [2.75, 3.05) is 31.1 Å². The van der Waals surface area contributed by atoms with Gasteiger partial charge in [0.15, 0.2) is 0 Å². The van der Waals surface area contributed by atoms with E-state index in [4.69, 9.17) is 16.6 Å². The Labute approximate surface area is 197 Å². The second-order valence-corrected chi connectivity index (χ2v) is 8.83. The molecular weight excluding hydrogens is 432 g/mol. The summed E-state index contributed by atoms with van der Waals surface area (Å²) in [5.74, 6) is 1.08. The van der Waals surface area contributed by atoms with Crippen molar-refractivity contribution in [1.29, 1.82) is 0 Å². The monoisotopic (exact) mass is 454 g/mol. The summed E-state index contributed by atoms with van der Waals surface area (Å²) in [5.41, 5.74) is 2.97. The Morgan fingerprint density at radius 3 is 2.24 bits per heavy atom.